The van der Waals surface area contributed by atoms with Crippen molar-refractivity contribution in [2.24, 2.45) is 0 Å². The number of nitrogens with one attached hydrogen (secondary N) is 1. The van der Waals surface area contributed by atoms with E-state index >= 15 is 0 Å². The smallest absolute Gasteiger partial charge is 0.161 e. The maximum absolute atomic E-state index is 5.79. The predicted molar refractivity (Wildman–Crippen MR) is 91.3 cm³/mol. The zero-order valence-electron chi connectivity index (χ0n) is 14.1. The van der Waals surface area contributed by atoms with E-state index in [-0.39, 0.29) is 6.04 Å². The molecule has 1 unspecified atom stereocenters. The van der Waals surface area contributed by atoms with Gasteiger partial charge in [-0.1, -0.05) is 6.07 Å². The van der Waals surface area contributed by atoms with Gasteiger partial charge in [0.25, 0.3) is 0 Å². The minimum absolute atomic E-state index is 0.105. The van der Waals surface area contributed by atoms with Crippen LogP contribution < -0.4 is 14.8 Å². The van der Waals surface area contributed by atoms with Crippen LogP contribution in [-0.2, 0) is 6.42 Å². The molecule has 0 bridgehead atoms. The number of pyridine rings is 1. The van der Waals surface area contributed by atoms with Gasteiger partial charge in [-0.25, -0.2) is 0 Å². The van der Waals surface area contributed by atoms with Gasteiger partial charge in [0.2, 0.25) is 0 Å². The second kappa shape index (κ2) is 7.01. The lowest BCUT2D eigenvalue weighted by atomic mass is 9.91. The van der Waals surface area contributed by atoms with Gasteiger partial charge < -0.3 is 14.8 Å². The quantitative estimate of drug-likeness (QED) is 0.918. The fraction of sp³-hybridized carbons (Fsp3) is 0.421. The molecule has 0 fully saturated rings. The lowest BCUT2D eigenvalue weighted by molar-refractivity contribution is 0.286. The molecule has 4 heteroatoms. The summed E-state index contributed by atoms with van der Waals surface area (Å²) in [5, 5.41) is 3.58. The van der Waals surface area contributed by atoms with Crippen LogP contribution in [0.4, 0.5) is 0 Å². The first-order chi connectivity index (χ1) is 11.2. The third kappa shape index (κ3) is 3.32. The van der Waals surface area contributed by atoms with Crippen molar-refractivity contribution in [3.8, 4) is 11.5 Å². The predicted octanol–water partition coefficient (Wildman–Crippen LogP) is 3.42. The molecule has 1 atom stereocenters. The van der Waals surface area contributed by atoms with Crippen LogP contribution in [0.5, 0.6) is 11.5 Å². The van der Waals surface area contributed by atoms with Gasteiger partial charge in [-0.3, -0.25) is 4.98 Å². The number of rotatable bonds is 5. The third-order valence-corrected chi connectivity index (χ3v) is 4.06. The molecule has 0 aliphatic carbocycles. The summed E-state index contributed by atoms with van der Waals surface area (Å²) in [6, 6.07) is 10.5. The summed E-state index contributed by atoms with van der Waals surface area (Å²) in [6.45, 7) is 8.22. The Morgan fingerprint density at radius 3 is 2.57 bits per heavy atom. The summed E-state index contributed by atoms with van der Waals surface area (Å²) in [5.74, 6) is 1.65. The normalized spacial score (nSPS) is 16.7. The minimum Gasteiger partial charge on any atom is -0.490 e. The molecule has 1 aromatic carbocycles. The van der Waals surface area contributed by atoms with E-state index in [0.717, 1.165) is 35.9 Å². The van der Waals surface area contributed by atoms with Crippen LogP contribution in [-0.4, -0.2) is 24.7 Å². The molecule has 23 heavy (non-hydrogen) atoms. The van der Waals surface area contributed by atoms with E-state index in [4.69, 9.17) is 14.5 Å². The van der Waals surface area contributed by atoms with E-state index in [1.807, 2.05) is 26.8 Å². The zero-order chi connectivity index (χ0) is 16.2. The van der Waals surface area contributed by atoms with Crippen molar-refractivity contribution in [1.82, 2.24) is 10.3 Å². The molecule has 1 N–H and O–H groups in total. The highest BCUT2D eigenvalue weighted by molar-refractivity contribution is 5.51. The Morgan fingerprint density at radius 2 is 1.87 bits per heavy atom. The average molecular weight is 312 g/mol. The van der Waals surface area contributed by atoms with Gasteiger partial charge in [-0.15, -0.1) is 0 Å². The van der Waals surface area contributed by atoms with E-state index in [2.05, 4.69) is 29.6 Å². The topological polar surface area (TPSA) is 43.4 Å². The van der Waals surface area contributed by atoms with E-state index in [9.17, 15) is 0 Å². The zero-order valence-corrected chi connectivity index (χ0v) is 14.1. The number of aryl methyl sites for hydroxylation is 1. The Hall–Kier alpha value is -2.07. The van der Waals surface area contributed by atoms with E-state index in [1.54, 1.807) is 0 Å². The third-order valence-electron chi connectivity index (χ3n) is 4.06. The monoisotopic (exact) mass is 312 g/mol. The van der Waals surface area contributed by atoms with Crippen LogP contribution >= 0.6 is 0 Å². The highest BCUT2D eigenvalue weighted by Gasteiger charge is 2.25. The van der Waals surface area contributed by atoms with Gasteiger partial charge in [0.15, 0.2) is 11.5 Å². The summed E-state index contributed by atoms with van der Waals surface area (Å²) < 4.78 is 11.5. The van der Waals surface area contributed by atoms with E-state index in [0.29, 0.717) is 13.2 Å². The number of fused-ring (bicyclic) bond motifs is 1. The van der Waals surface area contributed by atoms with Gasteiger partial charge >= 0.3 is 0 Å². The molecule has 0 amide bonds. The first-order valence-corrected chi connectivity index (χ1v) is 8.32. The summed E-state index contributed by atoms with van der Waals surface area (Å²) in [6.07, 6.45) is 0.990. The summed E-state index contributed by atoms with van der Waals surface area (Å²) in [7, 11) is 0. The fourth-order valence-electron chi connectivity index (χ4n) is 3.09. The van der Waals surface area contributed by atoms with Crippen LogP contribution in [0.2, 0.25) is 0 Å². The highest BCUT2D eigenvalue weighted by atomic mass is 16.5. The molecule has 0 radical (unpaired) electrons. The van der Waals surface area contributed by atoms with Crippen molar-refractivity contribution in [3.05, 3.63) is 52.8 Å². The number of nitrogens with zero attached hydrogens (tertiary/aromatic N) is 1. The molecule has 1 aliphatic rings. The van der Waals surface area contributed by atoms with Crippen LogP contribution in [0.15, 0.2) is 30.3 Å². The maximum Gasteiger partial charge on any atom is 0.161 e. The maximum atomic E-state index is 5.79. The largest absolute Gasteiger partial charge is 0.490 e. The van der Waals surface area contributed by atoms with Gasteiger partial charge in [0.05, 0.1) is 24.9 Å². The minimum atomic E-state index is 0.105. The summed E-state index contributed by atoms with van der Waals surface area (Å²) in [5.41, 5.74) is 4.63. The van der Waals surface area contributed by atoms with Crippen LogP contribution in [0, 0.1) is 6.92 Å². The molecule has 4 nitrogen and oxygen atoms in total. The molecule has 3 rings (SSSR count). The lowest BCUT2D eigenvalue weighted by Crippen LogP contribution is -2.31. The molecular formula is C19H24N2O2. The van der Waals surface area contributed by atoms with Crippen molar-refractivity contribution in [2.75, 3.05) is 19.8 Å². The van der Waals surface area contributed by atoms with Gasteiger partial charge in [0, 0.05) is 12.2 Å². The number of hydrogen-bond acceptors (Lipinski definition) is 4. The van der Waals surface area contributed by atoms with Crippen molar-refractivity contribution < 1.29 is 9.47 Å². The van der Waals surface area contributed by atoms with Crippen molar-refractivity contribution >= 4 is 0 Å². The number of benzene rings is 1. The molecule has 122 valence electrons. The number of aromatic nitrogens is 1. The van der Waals surface area contributed by atoms with Crippen molar-refractivity contribution in [2.45, 2.75) is 33.2 Å². The van der Waals surface area contributed by atoms with Crippen molar-refractivity contribution in [1.29, 1.82) is 0 Å². The lowest BCUT2D eigenvalue weighted by Gasteiger charge is -2.28. The number of hydrogen-bond donors (Lipinski definition) is 1. The van der Waals surface area contributed by atoms with E-state index in [1.165, 1.54) is 11.1 Å². The van der Waals surface area contributed by atoms with Gasteiger partial charge in [-0.2, -0.15) is 0 Å². The first-order valence-electron chi connectivity index (χ1n) is 8.32. The van der Waals surface area contributed by atoms with Crippen LogP contribution in [0.3, 0.4) is 0 Å². The molecule has 1 aromatic heterocycles. The Kier molecular flexibility index (Phi) is 4.82. The molecule has 0 spiro atoms. The fourth-order valence-corrected chi connectivity index (χ4v) is 3.09. The molecule has 0 saturated carbocycles. The highest BCUT2D eigenvalue weighted by Crippen LogP contribution is 2.37. The Morgan fingerprint density at radius 1 is 1.13 bits per heavy atom. The molecular weight excluding hydrogens is 288 g/mol. The van der Waals surface area contributed by atoms with Crippen molar-refractivity contribution in [3.63, 3.8) is 0 Å². The molecule has 1 aliphatic heterocycles. The van der Waals surface area contributed by atoms with Gasteiger partial charge in [-0.05, 0) is 62.6 Å². The summed E-state index contributed by atoms with van der Waals surface area (Å²) in [4.78, 5) is 4.70. The SMILES string of the molecule is CCOc1cc2c(cc1OCC)C(c1cccc(C)n1)NCC2. The van der Waals surface area contributed by atoms with Crippen LogP contribution in [0.1, 0.15) is 42.4 Å². The standard InChI is InChI=1S/C19H24N2O2/c1-4-22-17-11-14-9-10-20-19(15(14)12-18(17)23-5-2)16-8-6-7-13(3)21-16/h6-8,11-12,19-20H,4-5,9-10H2,1-3H3. The second-order valence-corrected chi connectivity index (χ2v) is 5.70. The Labute approximate surface area is 137 Å². The first kappa shape index (κ1) is 15.8. The molecule has 2 aromatic rings. The van der Waals surface area contributed by atoms with Crippen LogP contribution in [0.25, 0.3) is 0 Å². The molecule has 2 heterocycles. The summed E-state index contributed by atoms with van der Waals surface area (Å²) >= 11 is 0. The Bertz CT molecular complexity index is 685. The number of ether oxygens (including phenoxy) is 2. The Balaban J connectivity index is 2.05. The van der Waals surface area contributed by atoms with E-state index < -0.39 is 0 Å². The average Bonchev–Trinajstić information content (AvgIpc) is 2.55. The molecule has 0 saturated heterocycles. The second-order valence-electron chi connectivity index (χ2n) is 5.70. The van der Waals surface area contributed by atoms with Gasteiger partial charge in [0.1, 0.15) is 0 Å².